The SMILES string of the molecule is NC(=O)c1cc(F)cc2nc3c(C4CCCNCC4)c[nH]n3c12. The molecular weight excluding hydrogens is 297 g/mol. The summed E-state index contributed by atoms with van der Waals surface area (Å²) in [4.78, 5) is 16.2. The van der Waals surface area contributed by atoms with Gasteiger partial charge in [-0.25, -0.2) is 13.9 Å². The van der Waals surface area contributed by atoms with Gasteiger partial charge in [-0.2, -0.15) is 0 Å². The molecule has 4 rings (SSSR count). The number of imidazole rings is 1. The second kappa shape index (κ2) is 5.34. The van der Waals surface area contributed by atoms with E-state index < -0.39 is 11.7 Å². The fourth-order valence-corrected chi connectivity index (χ4v) is 3.51. The molecule has 0 aliphatic carbocycles. The molecule has 1 aromatic carbocycles. The molecule has 120 valence electrons. The van der Waals surface area contributed by atoms with Gasteiger partial charge in [0, 0.05) is 17.8 Å². The van der Waals surface area contributed by atoms with Crippen molar-refractivity contribution in [3.63, 3.8) is 0 Å². The number of fused-ring (bicyclic) bond motifs is 3. The van der Waals surface area contributed by atoms with Crippen LogP contribution in [0.1, 0.15) is 41.1 Å². The second-order valence-corrected chi connectivity index (χ2v) is 6.06. The van der Waals surface area contributed by atoms with Gasteiger partial charge < -0.3 is 11.1 Å². The van der Waals surface area contributed by atoms with Crippen LogP contribution in [0.2, 0.25) is 0 Å². The molecule has 23 heavy (non-hydrogen) atoms. The third-order valence-electron chi connectivity index (χ3n) is 4.60. The van der Waals surface area contributed by atoms with Gasteiger partial charge in [-0.05, 0) is 44.3 Å². The van der Waals surface area contributed by atoms with E-state index in [9.17, 15) is 9.18 Å². The van der Waals surface area contributed by atoms with Crippen LogP contribution in [0.5, 0.6) is 0 Å². The quantitative estimate of drug-likeness (QED) is 0.675. The van der Waals surface area contributed by atoms with E-state index in [1.54, 1.807) is 4.52 Å². The topological polar surface area (TPSA) is 88.2 Å². The predicted molar refractivity (Wildman–Crippen MR) is 85.0 cm³/mol. The number of amides is 1. The molecule has 3 heterocycles. The molecule has 1 atom stereocenters. The highest BCUT2D eigenvalue weighted by molar-refractivity contribution is 6.05. The van der Waals surface area contributed by atoms with E-state index in [0.29, 0.717) is 17.0 Å². The Balaban J connectivity index is 1.92. The minimum atomic E-state index is -0.661. The van der Waals surface area contributed by atoms with Crippen molar-refractivity contribution in [2.24, 2.45) is 5.73 Å². The van der Waals surface area contributed by atoms with E-state index in [4.69, 9.17) is 5.73 Å². The number of hydrogen-bond donors (Lipinski definition) is 3. The van der Waals surface area contributed by atoms with Crippen LogP contribution in [-0.2, 0) is 0 Å². The maximum absolute atomic E-state index is 13.7. The summed E-state index contributed by atoms with van der Waals surface area (Å²) in [6, 6.07) is 2.50. The molecule has 0 bridgehead atoms. The maximum Gasteiger partial charge on any atom is 0.251 e. The van der Waals surface area contributed by atoms with E-state index in [1.807, 2.05) is 6.20 Å². The number of nitrogens with one attached hydrogen (secondary N) is 2. The molecule has 1 fully saturated rings. The number of nitrogens with two attached hydrogens (primary N) is 1. The van der Waals surface area contributed by atoms with Crippen LogP contribution in [0.3, 0.4) is 0 Å². The number of H-pyrrole nitrogens is 1. The number of carbonyl (C=O) groups excluding carboxylic acids is 1. The number of aromatic nitrogens is 3. The van der Waals surface area contributed by atoms with Gasteiger partial charge in [0.2, 0.25) is 0 Å². The Morgan fingerprint density at radius 1 is 1.35 bits per heavy atom. The summed E-state index contributed by atoms with van der Waals surface area (Å²) in [5.41, 5.74) is 8.38. The first kappa shape index (κ1) is 14.2. The molecule has 2 aromatic heterocycles. The van der Waals surface area contributed by atoms with Crippen molar-refractivity contribution < 1.29 is 9.18 Å². The van der Waals surface area contributed by atoms with E-state index in [0.717, 1.165) is 49.6 Å². The molecule has 1 amide bonds. The maximum atomic E-state index is 13.7. The zero-order valence-corrected chi connectivity index (χ0v) is 12.6. The number of aromatic amines is 1. The molecule has 0 radical (unpaired) electrons. The van der Waals surface area contributed by atoms with Gasteiger partial charge in [-0.1, -0.05) is 0 Å². The lowest BCUT2D eigenvalue weighted by molar-refractivity contribution is 0.100. The number of hydrogen-bond acceptors (Lipinski definition) is 3. The lowest BCUT2D eigenvalue weighted by Crippen LogP contribution is -2.13. The number of benzene rings is 1. The summed E-state index contributed by atoms with van der Waals surface area (Å²) < 4.78 is 15.5. The van der Waals surface area contributed by atoms with Crippen molar-refractivity contribution in [3.8, 4) is 0 Å². The summed E-state index contributed by atoms with van der Waals surface area (Å²) in [7, 11) is 0. The fraction of sp³-hybridized carbons (Fsp3) is 0.375. The predicted octanol–water partition coefficient (Wildman–Crippen LogP) is 1.91. The van der Waals surface area contributed by atoms with Gasteiger partial charge >= 0.3 is 0 Å². The smallest absolute Gasteiger partial charge is 0.251 e. The average Bonchev–Trinajstić information content (AvgIpc) is 2.94. The molecule has 4 N–H and O–H groups in total. The van der Waals surface area contributed by atoms with Crippen molar-refractivity contribution in [2.45, 2.75) is 25.2 Å². The zero-order chi connectivity index (χ0) is 16.0. The van der Waals surface area contributed by atoms with Crippen molar-refractivity contribution in [2.75, 3.05) is 13.1 Å². The number of rotatable bonds is 2. The summed E-state index contributed by atoms with van der Waals surface area (Å²) in [6.45, 7) is 2.01. The third-order valence-corrected chi connectivity index (χ3v) is 4.60. The Morgan fingerprint density at radius 2 is 2.22 bits per heavy atom. The molecular formula is C16H18FN5O. The Morgan fingerprint density at radius 3 is 3.04 bits per heavy atom. The van der Waals surface area contributed by atoms with Crippen molar-refractivity contribution >= 4 is 22.6 Å². The number of nitrogens with zero attached hydrogens (tertiary/aromatic N) is 2. The molecule has 1 aliphatic heterocycles. The Bertz CT molecular complexity index is 889. The van der Waals surface area contributed by atoms with Crippen LogP contribution in [0.15, 0.2) is 18.3 Å². The third kappa shape index (κ3) is 2.28. The highest BCUT2D eigenvalue weighted by atomic mass is 19.1. The number of carbonyl (C=O) groups is 1. The molecule has 7 heteroatoms. The van der Waals surface area contributed by atoms with Gasteiger partial charge in [0.25, 0.3) is 5.91 Å². The second-order valence-electron chi connectivity index (χ2n) is 6.06. The molecule has 0 spiro atoms. The lowest BCUT2D eigenvalue weighted by Gasteiger charge is -2.10. The van der Waals surface area contributed by atoms with E-state index in [-0.39, 0.29) is 5.56 Å². The Kier molecular flexibility index (Phi) is 3.30. The molecule has 6 nitrogen and oxygen atoms in total. The standard InChI is InChI=1S/C16H18FN5O/c17-10-6-11(15(18)23)14-13(7-10)21-16-12(8-20-22(14)16)9-2-1-4-19-5-3-9/h6-9,19-20H,1-5H2,(H2,18,23). The van der Waals surface area contributed by atoms with Gasteiger partial charge in [-0.15, -0.1) is 0 Å². The first-order valence-electron chi connectivity index (χ1n) is 7.84. The summed E-state index contributed by atoms with van der Waals surface area (Å²) in [5, 5.41) is 6.54. The summed E-state index contributed by atoms with van der Waals surface area (Å²) in [6.07, 6.45) is 5.17. The first-order chi connectivity index (χ1) is 11.1. The normalized spacial score (nSPS) is 19.3. The highest BCUT2D eigenvalue weighted by Crippen LogP contribution is 2.31. The van der Waals surface area contributed by atoms with Crippen molar-refractivity contribution in [3.05, 3.63) is 35.3 Å². The van der Waals surface area contributed by atoms with E-state index >= 15 is 0 Å². The summed E-state index contributed by atoms with van der Waals surface area (Å²) >= 11 is 0. The monoisotopic (exact) mass is 315 g/mol. The fourth-order valence-electron chi connectivity index (χ4n) is 3.51. The molecule has 1 unspecified atom stereocenters. The molecule has 1 aliphatic rings. The van der Waals surface area contributed by atoms with Crippen LogP contribution < -0.4 is 11.1 Å². The van der Waals surface area contributed by atoms with E-state index in [1.165, 1.54) is 6.07 Å². The van der Waals surface area contributed by atoms with Crippen LogP contribution in [-0.4, -0.2) is 33.6 Å². The van der Waals surface area contributed by atoms with Gasteiger partial charge in [-0.3, -0.25) is 9.89 Å². The number of primary amides is 1. The minimum Gasteiger partial charge on any atom is -0.366 e. The van der Waals surface area contributed by atoms with Crippen molar-refractivity contribution in [1.29, 1.82) is 0 Å². The average molecular weight is 315 g/mol. The highest BCUT2D eigenvalue weighted by Gasteiger charge is 2.22. The zero-order valence-electron chi connectivity index (χ0n) is 12.6. The van der Waals surface area contributed by atoms with Crippen LogP contribution >= 0.6 is 0 Å². The molecule has 0 saturated carbocycles. The first-order valence-corrected chi connectivity index (χ1v) is 7.84. The molecule has 1 saturated heterocycles. The van der Waals surface area contributed by atoms with Crippen molar-refractivity contribution in [1.82, 2.24) is 19.9 Å². The van der Waals surface area contributed by atoms with Gasteiger partial charge in [0.1, 0.15) is 11.3 Å². The minimum absolute atomic E-state index is 0.142. The van der Waals surface area contributed by atoms with Gasteiger partial charge in [0.15, 0.2) is 5.65 Å². The summed E-state index contributed by atoms with van der Waals surface area (Å²) in [5.74, 6) is -0.768. The van der Waals surface area contributed by atoms with Crippen LogP contribution in [0.4, 0.5) is 4.39 Å². The van der Waals surface area contributed by atoms with Crippen LogP contribution in [0, 0.1) is 5.82 Å². The van der Waals surface area contributed by atoms with E-state index in [2.05, 4.69) is 15.4 Å². The Hall–Kier alpha value is -2.41. The molecule has 3 aromatic rings. The lowest BCUT2D eigenvalue weighted by atomic mass is 9.94. The number of halogens is 1. The van der Waals surface area contributed by atoms with Crippen LogP contribution in [0.25, 0.3) is 16.7 Å². The Labute approximate surface area is 131 Å². The largest absolute Gasteiger partial charge is 0.366 e. The van der Waals surface area contributed by atoms with Gasteiger partial charge in [0.05, 0.1) is 11.1 Å².